The number of thiophene rings is 1. The monoisotopic (exact) mass is 439 g/mol. The summed E-state index contributed by atoms with van der Waals surface area (Å²) in [5.74, 6) is -0.117. The number of halogens is 1. The quantitative estimate of drug-likeness (QED) is 0.737. The first-order valence-corrected chi connectivity index (χ1v) is 11.9. The maximum Gasteiger partial charge on any atom is 0.274 e. The van der Waals surface area contributed by atoms with Crippen LogP contribution in [0.1, 0.15) is 12.0 Å². The fraction of sp³-hybridized carbons (Fsp3) is 0.421. The van der Waals surface area contributed by atoms with E-state index < -0.39 is 16.1 Å². The summed E-state index contributed by atoms with van der Waals surface area (Å²) in [6, 6.07) is 9.77. The summed E-state index contributed by atoms with van der Waals surface area (Å²) in [5, 5.41) is 0. The molecule has 6 nitrogen and oxygen atoms in total. The van der Waals surface area contributed by atoms with Crippen molar-refractivity contribution < 1.29 is 13.2 Å². The van der Waals surface area contributed by atoms with Crippen molar-refractivity contribution in [1.29, 1.82) is 0 Å². The zero-order valence-corrected chi connectivity index (χ0v) is 17.9. The summed E-state index contributed by atoms with van der Waals surface area (Å²) in [6.07, 6.45) is 1.15. The second kappa shape index (κ2) is 7.67. The van der Waals surface area contributed by atoms with Gasteiger partial charge in [0.05, 0.1) is 10.0 Å². The molecule has 0 spiro atoms. The highest BCUT2D eigenvalue weighted by atomic mass is 35.5. The van der Waals surface area contributed by atoms with Crippen LogP contribution in [-0.2, 0) is 21.2 Å². The average molecular weight is 440 g/mol. The van der Waals surface area contributed by atoms with E-state index >= 15 is 0 Å². The molecule has 4 rings (SSSR count). The topological polar surface area (TPSA) is 60.9 Å². The number of aryl methyl sites for hydroxylation is 1. The van der Waals surface area contributed by atoms with Gasteiger partial charge >= 0.3 is 0 Å². The summed E-state index contributed by atoms with van der Waals surface area (Å²) in [7, 11) is -1.86. The molecule has 0 aliphatic carbocycles. The van der Waals surface area contributed by atoms with Gasteiger partial charge in [-0.25, -0.2) is 8.42 Å². The zero-order valence-electron chi connectivity index (χ0n) is 15.5. The van der Waals surface area contributed by atoms with E-state index in [0.717, 1.165) is 30.0 Å². The minimum Gasteiger partial charge on any atom is -0.338 e. The largest absolute Gasteiger partial charge is 0.338 e. The molecule has 9 heteroatoms. The lowest BCUT2D eigenvalue weighted by atomic mass is 9.97. The maximum atomic E-state index is 13.5. The number of hydrogen-bond acceptors (Lipinski definition) is 5. The Balaban J connectivity index is 1.74. The molecule has 3 heterocycles. The van der Waals surface area contributed by atoms with E-state index in [1.54, 1.807) is 17.0 Å². The molecule has 150 valence electrons. The molecule has 2 aliphatic rings. The second-order valence-corrected chi connectivity index (χ2v) is 10.9. The van der Waals surface area contributed by atoms with Gasteiger partial charge in [-0.15, -0.1) is 11.3 Å². The Bertz CT molecular complexity index is 984. The van der Waals surface area contributed by atoms with Crippen molar-refractivity contribution in [1.82, 2.24) is 9.80 Å². The number of benzene rings is 1. The van der Waals surface area contributed by atoms with Gasteiger partial charge in [0, 0.05) is 26.2 Å². The van der Waals surface area contributed by atoms with Crippen LogP contribution in [0.25, 0.3) is 0 Å². The lowest BCUT2D eigenvalue weighted by Gasteiger charge is -2.40. The van der Waals surface area contributed by atoms with Crippen LogP contribution in [0.2, 0.25) is 4.34 Å². The van der Waals surface area contributed by atoms with E-state index in [-0.39, 0.29) is 10.1 Å². The van der Waals surface area contributed by atoms with Crippen LogP contribution in [0.4, 0.5) is 5.69 Å². The number of rotatable bonds is 3. The first kappa shape index (κ1) is 19.7. The minimum atomic E-state index is -3.89. The number of hydrogen-bond donors (Lipinski definition) is 0. The minimum absolute atomic E-state index is 0.117. The molecule has 1 unspecified atom stereocenters. The molecular formula is C19H22ClN3O3S2. The number of piperazine rings is 1. The molecular weight excluding hydrogens is 418 g/mol. The summed E-state index contributed by atoms with van der Waals surface area (Å²) in [5.41, 5.74) is 1.53. The Labute approximate surface area is 174 Å². The molecule has 1 aromatic heterocycles. The highest BCUT2D eigenvalue weighted by molar-refractivity contribution is 7.94. The highest BCUT2D eigenvalue weighted by Crippen LogP contribution is 2.38. The van der Waals surface area contributed by atoms with Crippen LogP contribution in [-0.4, -0.2) is 63.4 Å². The first-order chi connectivity index (χ1) is 13.4. The van der Waals surface area contributed by atoms with Gasteiger partial charge in [-0.1, -0.05) is 29.8 Å². The Hall–Kier alpha value is -1.61. The Morgan fingerprint density at radius 1 is 1.11 bits per heavy atom. The number of nitrogens with zero attached hydrogens (tertiary/aromatic N) is 3. The van der Waals surface area contributed by atoms with Crippen molar-refractivity contribution in [2.45, 2.75) is 23.1 Å². The van der Waals surface area contributed by atoms with Crippen LogP contribution in [0.3, 0.4) is 0 Å². The molecule has 0 N–H and O–H groups in total. The molecule has 0 saturated carbocycles. The van der Waals surface area contributed by atoms with Gasteiger partial charge in [-0.3, -0.25) is 9.10 Å². The van der Waals surface area contributed by atoms with Gasteiger partial charge in [0.15, 0.2) is 0 Å². The second-order valence-electron chi connectivity index (χ2n) is 7.17. The maximum absolute atomic E-state index is 13.5. The molecule has 2 aliphatic heterocycles. The van der Waals surface area contributed by atoms with Gasteiger partial charge in [0.1, 0.15) is 10.3 Å². The highest BCUT2D eigenvalue weighted by Gasteiger charge is 2.42. The van der Waals surface area contributed by atoms with Crippen molar-refractivity contribution >= 4 is 44.6 Å². The first-order valence-electron chi connectivity index (χ1n) is 9.23. The Kier molecular flexibility index (Phi) is 5.39. The zero-order chi connectivity index (χ0) is 19.9. The molecule has 2 aromatic rings. The number of carbonyl (C=O) groups is 1. The molecule has 28 heavy (non-hydrogen) atoms. The van der Waals surface area contributed by atoms with Gasteiger partial charge in [-0.2, -0.15) is 0 Å². The lowest BCUT2D eigenvalue weighted by Crippen LogP contribution is -2.56. The van der Waals surface area contributed by atoms with Crippen molar-refractivity contribution in [2.75, 3.05) is 37.5 Å². The predicted molar refractivity (Wildman–Crippen MR) is 112 cm³/mol. The normalized spacial score (nSPS) is 20.9. The molecule has 1 amide bonds. The number of amides is 1. The van der Waals surface area contributed by atoms with E-state index in [1.165, 1.54) is 10.4 Å². The van der Waals surface area contributed by atoms with E-state index in [2.05, 4.69) is 4.90 Å². The smallest absolute Gasteiger partial charge is 0.274 e. The van der Waals surface area contributed by atoms with E-state index in [4.69, 9.17) is 11.6 Å². The SMILES string of the molecule is CN1CCN(C(=O)C2CCc3ccccc3N2S(=O)(=O)c2ccc(Cl)s2)CC1. The lowest BCUT2D eigenvalue weighted by molar-refractivity contribution is -0.134. The number of likely N-dealkylation sites (N-methyl/N-ethyl adjacent to an activating group) is 1. The number of para-hydroxylation sites is 1. The van der Waals surface area contributed by atoms with Gasteiger partial charge < -0.3 is 9.80 Å². The van der Waals surface area contributed by atoms with E-state index in [9.17, 15) is 13.2 Å². The van der Waals surface area contributed by atoms with E-state index in [0.29, 0.717) is 36.0 Å². The molecule has 0 bridgehead atoms. The molecule has 1 saturated heterocycles. The number of fused-ring (bicyclic) bond motifs is 1. The number of sulfonamides is 1. The third-order valence-electron chi connectivity index (χ3n) is 5.36. The number of carbonyl (C=O) groups excluding carboxylic acids is 1. The van der Waals surface area contributed by atoms with Crippen LogP contribution >= 0.6 is 22.9 Å². The van der Waals surface area contributed by atoms with Crippen LogP contribution in [0.15, 0.2) is 40.6 Å². The average Bonchev–Trinajstić information content (AvgIpc) is 3.14. The standard InChI is InChI=1S/C19H22ClN3O3S2/c1-21-10-12-22(13-11-21)19(24)16-7-6-14-4-2-3-5-15(14)23(16)28(25,26)18-9-8-17(20)27-18/h2-5,8-9,16H,6-7,10-13H2,1H3. The predicted octanol–water partition coefficient (Wildman–Crippen LogP) is 2.69. The molecule has 1 atom stereocenters. The summed E-state index contributed by atoms with van der Waals surface area (Å²) in [4.78, 5) is 17.3. The summed E-state index contributed by atoms with van der Waals surface area (Å²) < 4.78 is 28.9. The third kappa shape index (κ3) is 3.54. The van der Waals surface area contributed by atoms with Crippen LogP contribution in [0.5, 0.6) is 0 Å². The van der Waals surface area contributed by atoms with Crippen molar-refractivity contribution in [3.8, 4) is 0 Å². The van der Waals surface area contributed by atoms with Crippen molar-refractivity contribution in [3.05, 3.63) is 46.3 Å². The summed E-state index contributed by atoms with van der Waals surface area (Å²) >= 11 is 7.01. The third-order valence-corrected chi connectivity index (χ3v) is 8.88. The molecule has 0 radical (unpaired) electrons. The van der Waals surface area contributed by atoms with Crippen LogP contribution < -0.4 is 4.31 Å². The van der Waals surface area contributed by atoms with Gasteiger partial charge in [0.25, 0.3) is 10.0 Å². The van der Waals surface area contributed by atoms with Crippen LogP contribution in [0, 0.1) is 0 Å². The van der Waals surface area contributed by atoms with Gasteiger partial charge in [-0.05, 0) is 43.7 Å². The Morgan fingerprint density at radius 2 is 1.82 bits per heavy atom. The molecule has 1 fully saturated rings. The fourth-order valence-corrected chi connectivity index (χ4v) is 7.05. The Morgan fingerprint density at radius 3 is 2.50 bits per heavy atom. The fourth-order valence-electron chi connectivity index (χ4n) is 3.81. The van der Waals surface area contributed by atoms with Gasteiger partial charge in [0.2, 0.25) is 5.91 Å². The molecule has 1 aromatic carbocycles. The summed E-state index contributed by atoms with van der Waals surface area (Å²) in [6.45, 7) is 2.82. The number of anilines is 1. The van der Waals surface area contributed by atoms with Crippen molar-refractivity contribution in [3.63, 3.8) is 0 Å². The van der Waals surface area contributed by atoms with E-state index in [1.807, 2.05) is 25.2 Å². The van der Waals surface area contributed by atoms with Crippen molar-refractivity contribution in [2.24, 2.45) is 0 Å².